The highest BCUT2D eigenvalue weighted by Gasteiger charge is 2.29. The van der Waals surface area contributed by atoms with E-state index in [-0.39, 0.29) is 32.6 Å². The van der Waals surface area contributed by atoms with Crippen molar-refractivity contribution >= 4 is 24.2 Å². The van der Waals surface area contributed by atoms with E-state index in [9.17, 15) is 19.2 Å². The molecule has 11 heteroatoms. The molecule has 224 valence electrons. The second kappa shape index (κ2) is 16.7. The van der Waals surface area contributed by atoms with Crippen molar-refractivity contribution in [3.8, 4) is 0 Å². The van der Waals surface area contributed by atoms with Gasteiger partial charge in [-0.1, -0.05) is 60.7 Å². The molecule has 0 heterocycles. The standard InChI is InChI=1S/C30H41N3O8/c1-6-32(7-2)28(36)41-33(29(37)40-30(3,4)5)20-14-19-25(26(34)38-21-23-15-10-8-11-16-23)31-27(35)39-22-24-17-12-9-13-18-24/h8-13,15-18,25H,6-7,14,19-22H2,1-5H3,(H,31,35). The molecule has 1 atom stereocenters. The number of esters is 1. The smallest absolute Gasteiger partial charge is 0.443 e. The van der Waals surface area contributed by atoms with Gasteiger partial charge in [0.05, 0.1) is 6.54 Å². The van der Waals surface area contributed by atoms with Crippen LogP contribution in [-0.4, -0.2) is 65.5 Å². The second-order valence-electron chi connectivity index (χ2n) is 10.1. The van der Waals surface area contributed by atoms with Crippen LogP contribution in [-0.2, 0) is 37.1 Å². The summed E-state index contributed by atoms with van der Waals surface area (Å²) in [6, 6.07) is 17.2. The zero-order valence-electron chi connectivity index (χ0n) is 24.5. The van der Waals surface area contributed by atoms with Gasteiger partial charge in [-0.25, -0.2) is 19.2 Å². The maximum absolute atomic E-state index is 13.0. The van der Waals surface area contributed by atoms with Crippen LogP contribution in [0.25, 0.3) is 0 Å². The molecule has 0 saturated heterocycles. The van der Waals surface area contributed by atoms with E-state index in [1.807, 2.05) is 60.7 Å². The van der Waals surface area contributed by atoms with Crippen LogP contribution in [0.1, 0.15) is 58.6 Å². The molecule has 41 heavy (non-hydrogen) atoms. The van der Waals surface area contributed by atoms with Crippen molar-refractivity contribution < 1.29 is 38.2 Å². The largest absolute Gasteiger partial charge is 0.459 e. The molecule has 0 aromatic heterocycles. The highest BCUT2D eigenvalue weighted by molar-refractivity contribution is 5.81. The van der Waals surface area contributed by atoms with E-state index in [0.717, 1.165) is 16.2 Å². The first-order valence-electron chi connectivity index (χ1n) is 13.7. The van der Waals surface area contributed by atoms with Crippen molar-refractivity contribution in [3.63, 3.8) is 0 Å². The maximum atomic E-state index is 13.0. The van der Waals surface area contributed by atoms with Crippen LogP contribution in [0.3, 0.4) is 0 Å². The lowest BCUT2D eigenvalue weighted by Crippen LogP contribution is -2.44. The molecule has 0 aliphatic carbocycles. The Morgan fingerprint density at radius 1 is 0.805 bits per heavy atom. The van der Waals surface area contributed by atoms with Gasteiger partial charge in [0.15, 0.2) is 0 Å². The molecule has 0 spiro atoms. The molecule has 0 fully saturated rings. The molecule has 1 unspecified atom stereocenters. The molecule has 0 aliphatic rings. The number of carbonyl (C=O) groups is 4. The monoisotopic (exact) mass is 571 g/mol. The highest BCUT2D eigenvalue weighted by atomic mass is 16.8. The Balaban J connectivity index is 2.08. The number of hydrogen-bond acceptors (Lipinski definition) is 8. The molecule has 2 aromatic rings. The minimum absolute atomic E-state index is 0.0163. The summed E-state index contributed by atoms with van der Waals surface area (Å²) in [6.07, 6.45) is -2.13. The van der Waals surface area contributed by atoms with Gasteiger partial charge in [0, 0.05) is 13.1 Å². The number of nitrogens with one attached hydrogen (secondary N) is 1. The number of rotatable bonds is 12. The van der Waals surface area contributed by atoms with Crippen molar-refractivity contribution in [3.05, 3.63) is 71.8 Å². The molecule has 0 bridgehead atoms. The van der Waals surface area contributed by atoms with Gasteiger partial charge in [0.2, 0.25) is 0 Å². The van der Waals surface area contributed by atoms with Crippen LogP contribution in [0, 0.1) is 0 Å². The lowest BCUT2D eigenvalue weighted by Gasteiger charge is -2.28. The van der Waals surface area contributed by atoms with E-state index >= 15 is 0 Å². The van der Waals surface area contributed by atoms with Crippen LogP contribution in [0.2, 0.25) is 0 Å². The van der Waals surface area contributed by atoms with Crippen molar-refractivity contribution in [1.82, 2.24) is 15.3 Å². The summed E-state index contributed by atoms with van der Waals surface area (Å²) in [6.45, 7) is 9.38. The summed E-state index contributed by atoms with van der Waals surface area (Å²) in [4.78, 5) is 57.6. The normalized spacial score (nSPS) is 11.5. The third-order valence-electron chi connectivity index (χ3n) is 5.67. The van der Waals surface area contributed by atoms with E-state index in [4.69, 9.17) is 19.0 Å². The first-order valence-corrected chi connectivity index (χ1v) is 13.7. The van der Waals surface area contributed by atoms with Gasteiger partial charge in [-0.15, -0.1) is 5.06 Å². The Bertz CT molecular complexity index is 1100. The summed E-state index contributed by atoms with van der Waals surface area (Å²) in [5.41, 5.74) is 0.740. The van der Waals surface area contributed by atoms with Gasteiger partial charge < -0.3 is 29.3 Å². The zero-order valence-corrected chi connectivity index (χ0v) is 24.5. The molecule has 0 aliphatic heterocycles. The van der Waals surface area contributed by atoms with Gasteiger partial charge in [0.25, 0.3) is 0 Å². The summed E-state index contributed by atoms with van der Waals surface area (Å²) in [5, 5.41) is 3.38. The summed E-state index contributed by atoms with van der Waals surface area (Å²) >= 11 is 0. The maximum Gasteiger partial charge on any atom is 0.443 e. The topological polar surface area (TPSA) is 124 Å². The third kappa shape index (κ3) is 12.6. The molecule has 0 radical (unpaired) electrons. The van der Waals surface area contributed by atoms with Crippen molar-refractivity contribution in [1.29, 1.82) is 0 Å². The van der Waals surface area contributed by atoms with E-state index in [2.05, 4.69) is 5.32 Å². The Hall–Kier alpha value is -4.28. The van der Waals surface area contributed by atoms with Crippen molar-refractivity contribution in [2.75, 3.05) is 19.6 Å². The first kappa shape index (κ1) is 32.9. The molecule has 1 N–H and O–H groups in total. The number of alkyl carbamates (subject to hydrolysis) is 1. The summed E-state index contributed by atoms with van der Waals surface area (Å²) < 4.78 is 16.1. The number of ether oxygens (including phenoxy) is 3. The fourth-order valence-electron chi connectivity index (χ4n) is 3.55. The van der Waals surface area contributed by atoms with E-state index in [0.29, 0.717) is 13.1 Å². The van der Waals surface area contributed by atoms with Gasteiger partial charge in [0.1, 0.15) is 24.9 Å². The fourth-order valence-corrected chi connectivity index (χ4v) is 3.55. The number of benzene rings is 2. The molecular weight excluding hydrogens is 530 g/mol. The van der Waals surface area contributed by atoms with Crippen molar-refractivity contribution in [2.45, 2.75) is 72.3 Å². The second-order valence-corrected chi connectivity index (χ2v) is 10.1. The average molecular weight is 572 g/mol. The molecule has 2 aromatic carbocycles. The van der Waals surface area contributed by atoms with E-state index < -0.39 is 35.9 Å². The van der Waals surface area contributed by atoms with Gasteiger partial charge in [-0.05, 0) is 58.6 Å². The molecule has 3 amide bonds. The van der Waals surface area contributed by atoms with Crippen LogP contribution in [0.4, 0.5) is 14.4 Å². The molecule has 0 saturated carbocycles. The number of hydrogen-bond donors (Lipinski definition) is 1. The van der Waals surface area contributed by atoms with Crippen LogP contribution >= 0.6 is 0 Å². The Morgan fingerprint density at radius 2 is 1.34 bits per heavy atom. The van der Waals surface area contributed by atoms with Gasteiger partial charge in [-0.3, -0.25) is 0 Å². The Morgan fingerprint density at radius 3 is 1.85 bits per heavy atom. The van der Waals surface area contributed by atoms with Gasteiger partial charge in [-0.2, -0.15) is 0 Å². The van der Waals surface area contributed by atoms with Crippen LogP contribution in [0.5, 0.6) is 0 Å². The van der Waals surface area contributed by atoms with E-state index in [1.165, 1.54) is 4.90 Å². The van der Waals surface area contributed by atoms with Crippen LogP contribution in [0.15, 0.2) is 60.7 Å². The minimum atomic E-state index is -1.08. The number of hydroxylamine groups is 2. The quantitative estimate of drug-likeness (QED) is 0.203. The predicted molar refractivity (Wildman–Crippen MR) is 151 cm³/mol. The highest BCUT2D eigenvalue weighted by Crippen LogP contribution is 2.14. The Labute approximate surface area is 241 Å². The van der Waals surface area contributed by atoms with Crippen LogP contribution < -0.4 is 5.32 Å². The Kier molecular flexibility index (Phi) is 13.4. The predicted octanol–water partition coefficient (Wildman–Crippen LogP) is 5.44. The third-order valence-corrected chi connectivity index (χ3v) is 5.67. The van der Waals surface area contributed by atoms with E-state index in [1.54, 1.807) is 34.6 Å². The van der Waals surface area contributed by atoms with Gasteiger partial charge >= 0.3 is 24.2 Å². The summed E-state index contributed by atoms with van der Waals surface area (Å²) in [5.74, 6) is -0.672. The summed E-state index contributed by atoms with van der Waals surface area (Å²) in [7, 11) is 0. The number of carbonyl (C=O) groups excluding carboxylic acids is 4. The number of nitrogens with zero attached hydrogens (tertiary/aromatic N) is 2. The number of amides is 3. The zero-order chi connectivity index (χ0) is 30.3. The molecule has 11 nitrogen and oxygen atoms in total. The lowest BCUT2D eigenvalue weighted by atomic mass is 10.1. The first-order chi connectivity index (χ1) is 19.5. The SMILES string of the molecule is CCN(CC)C(=O)ON(CCCC(NC(=O)OCc1ccccc1)C(=O)OCc1ccccc1)C(=O)OC(C)(C)C. The lowest BCUT2D eigenvalue weighted by molar-refractivity contribution is -0.147. The molecular formula is C30H41N3O8. The minimum Gasteiger partial charge on any atom is -0.459 e. The average Bonchev–Trinajstić information content (AvgIpc) is 2.94. The fraction of sp³-hybridized carbons (Fsp3) is 0.467. The molecule has 2 rings (SSSR count). The van der Waals surface area contributed by atoms with Crippen molar-refractivity contribution in [2.24, 2.45) is 0 Å².